The molecule has 1 N–H and O–H groups in total. The number of likely N-dealkylation sites (N-methyl/N-ethyl adjacent to an activating group) is 1. The van der Waals surface area contributed by atoms with Crippen molar-refractivity contribution in [1.82, 2.24) is 14.7 Å². The zero-order valence-corrected chi connectivity index (χ0v) is 14.0. The second-order valence-corrected chi connectivity index (χ2v) is 6.65. The summed E-state index contributed by atoms with van der Waals surface area (Å²) in [6, 6.07) is 2.65. The number of rotatable bonds is 7. The third kappa shape index (κ3) is 3.32. The Balaban J connectivity index is 2.06. The second-order valence-electron chi connectivity index (χ2n) is 6.65. The maximum Gasteiger partial charge on any atom is 0.0779 e. The van der Waals surface area contributed by atoms with Crippen molar-refractivity contribution < 1.29 is 5.11 Å². The SMILES string of the molecule is CCC(CC)(C(O)Cc1ccn(C2CCCC2)n1)N(C)C. The Kier molecular flexibility index (Phi) is 5.44. The smallest absolute Gasteiger partial charge is 0.0779 e. The van der Waals surface area contributed by atoms with Crippen molar-refractivity contribution in [2.45, 2.75) is 76.5 Å². The van der Waals surface area contributed by atoms with Gasteiger partial charge in [-0.05, 0) is 45.8 Å². The summed E-state index contributed by atoms with van der Waals surface area (Å²) in [4.78, 5) is 2.17. The van der Waals surface area contributed by atoms with E-state index >= 15 is 0 Å². The van der Waals surface area contributed by atoms with Crippen molar-refractivity contribution in [3.8, 4) is 0 Å². The molecule has 21 heavy (non-hydrogen) atoms. The van der Waals surface area contributed by atoms with E-state index in [0.29, 0.717) is 12.5 Å². The van der Waals surface area contributed by atoms with Crippen molar-refractivity contribution in [1.29, 1.82) is 0 Å². The largest absolute Gasteiger partial charge is 0.391 e. The molecule has 1 saturated carbocycles. The summed E-state index contributed by atoms with van der Waals surface area (Å²) in [7, 11) is 4.13. The average molecular weight is 293 g/mol. The Morgan fingerprint density at radius 1 is 1.33 bits per heavy atom. The minimum absolute atomic E-state index is 0.156. The lowest BCUT2D eigenvalue weighted by Gasteiger charge is -2.42. The van der Waals surface area contributed by atoms with Crippen LogP contribution < -0.4 is 0 Å². The second kappa shape index (κ2) is 6.93. The van der Waals surface area contributed by atoms with Gasteiger partial charge in [-0.15, -0.1) is 0 Å². The maximum absolute atomic E-state index is 10.8. The summed E-state index contributed by atoms with van der Waals surface area (Å²) in [5.41, 5.74) is 0.861. The molecule has 4 heteroatoms. The van der Waals surface area contributed by atoms with Crippen LogP contribution in [0.2, 0.25) is 0 Å². The van der Waals surface area contributed by atoms with E-state index in [4.69, 9.17) is 5.10 Å². The van der Waals surface area contributed by atoms with Gasteiger partial charge in [0.2, 0.25) is 0 Å². The molecule has 1 heterocycles. The topological polar surface area (TPSA) is 41.3 Å². The van der Waals surface area contributed by atoms with Crippen molar-refractivity contribution >= 4 is 0 Å². The van der Waals surface area contributed by atoms with Gasteiger partial charge in [-0.3, -0.25) is 4.68 Å². The highest BCUT2D eigenvalue weighted by molar-refractivity contribution is 5.06. The van der Waals surface area contributed by atoms with Crippen LogP contribution >= 0.6 is 0 Å². The molecule has 1 aliphatic carbocycles. The van der Waals surface area contributed by atoms with Crippen LogP contribution in [0.1, 0.15) is 64.1 Å². The Hall–Kier alpha value is -0.870. The van der Waals surface area contributed by atoms with Crippen molar-refractivity contribution in [3.05, 3.63) is 18.0 Å². The quantitative estimate of drug-likeness (QED) is 0.840. The number of aliphatic hydroxyl groups excluding tert-OH is 1. The lowest BCUT2D eigenvalue weighted by Crippen LogP contribution is -2.53. The van der Waals surface area contributed by atoms with Crippen molar-refractivity contribution in [3.63, 3.8) is 0 Å². The Morgan fingerprint density at radius 3 is 2.48 bits per heavy atom. The van der Waals surface area contributed by atoms with Crippen LogP contribution in [-0.2, 0) is 6.42 Å². The van der Waals surface area contributed by atoms with Gasteiger partial charge >= 0.3 is 0 Å². The van der Waals surface area contributed by atoms with Gasteiger partial charge in [-0.1, -0.05) is 26.7 Å². The van der Waals surface area contributed by atoms with E-state index in [2.05, 4.69) is 49.8 Å². The summed E-state index contributed by atoms with van der Waals surface area (Å²) in [5.74, 6) is 0. The lowest BCUT2D eigenvalue weighted by molar-refractivity contribution is -0.0131. The van der Waals surface area contributed by atoms with Crippen LogP contribution in [0.15, 0.2) is 12.3 Å². The Labute approximate surface area is 129 Å². The summed E-state index contributed by atoms with van der Waals surface area (Å²) >= 11 is 0. The number of nitrogens with zero attached hydrogens (tertiary/aromatic N) is 3. The molecule has 0 saturated heterocycles. The van der Waals surface area contributed by atoms with E-state index in [1.165, 1.54) is 25.7 Å². The van der Waals surface area contributed by atoms with E-state index in [9.17, 15) is 5.11 Å². The van der Waals surface area contributed by atoms with Gasteiger partial charge in [0.25, 0.3) is 0 Å². The molecule has 0 aromatic carbocycles. The highest BCUT2D eigenvalue weighted by Crippen LogP contribution is 2.30. The Morgan fingerprint density at radius 2 is 1.95 bits per heavy atom. The molecule has 0 spiro atoms. The van der Waals surface area contributed by atoms with Crippen molar-refractivity contribution in [2.75, 3.05) is 14.1 Å². The van der Waals surface area contributed by atoms with Gasteiger partial charge < -0.3 is 10.0 Å². The zero-order chi connectivity index (χ0) is 15.5. The molecule has 1 aliphatic rings. The molecule has 2 rings (SSSR count). The van der Waals surface area contributed by atoms with Crippen LogP contribution in [0, 0.1) is 0 Å². The van der Waals surface area contributed by atoms with E-state index in [1.54, 1.807) is 0 Å². The molecule has 0 radical (unpaired) electrons. The lowest BCUT2D eigenvalue weighted by atomic mass is 9.83. The molecule has 120 valence electrons. The summed E-state index contributed by atoms with van der Waals surface area (Å²) in [6.45, 7) is 4.31. The van der Waals surface area contributed by atoms with Crippen LogP contribution in [0.4, 0.5) is 0 Å². The molecule has 1 atom stereocenters. The molecule has 0 aliphatic heterocycles. The highest BCUT2D eigenvalue weighted by Gasteiger charge is 2.37. The first-order valence-electron chi connectivity index (χ1n) is 8.43. The molecule has 1 aromatic heterocycles. The van der Waals surface area contributed by atoms with Gasteiger partial charge in [0.1, 0.15) is 0 Å². The third-order valence-electron chi connectivity index (χ3n) is 5.50. The minimum atomic E-state index is -0.380. The number of hydrogen-bond donors (Lipinski definition) is 1. The van der Waals surface area contributed by atoms with Gasteiger partial charge in [-0.2, -0.15) is 5.10 Å². The summed E-state index contributed by atoms with van der Waals surface area (Å²) in [5, 5.41) is 15.5. The molecular formula is C17H31N3O. The average Bonchev–Trinajstić information content (AvgIpc) is 3.10. The van der Waals surface area contributed by atoms with Gasteiger partial charge in [-0.25, -0.2) is 0 Å². The normalized spacial score (nSPS) is 18.6. The van der Waals surface area contributed by atoms with Crippen LogP contribution in [0.25, 0.3) is 0 Å². The molecule has 4 nitrogen and oxygen atoms in total. The molecule has 1 aromatic rings. The van der Waals surface area contributed by atoms with E-state index in [0.717, 1.165) is 18.5 Å². The van der Waals surface area contributed by atoms with Gasteiger partial charge in [0, 0.05) is 18.2 Å². The molecule has 0 amide bonds. The van der Waals surface area contributed by atoms with Crippen LogP contribution in [0.3, 0.4) is 0 Å². The predicted octanol–water partition coefficient (Wildman–Crippen LogP) is 3.02. The van der Waals surface area contributed by atoms with E-state index < -0.39 is 0 Å². The number of aliphatic hydroxyl groups is 1. The fourth-order valence-corrected chi connectivity index (χ4v) is 3.90. The minimum Gasteiger partial charge on any atom is -0.391 e. The maximum atomic E-state index is 10.8. The molecular weight excluding hydrogens is 262 g/mol. The first kappa shape index (κ1) is 16.5. The first-order valence-corrected chi connectivity index (χ1v) is 8.43. The third-order valence-corrected chi connectivity index (χ3v) is 5.50. The van der Waals surface area contributed by atoms with Gasteiger partial charge in [0.15, 0.2) is 0 Å². The zero-order valence-electron chi connectivity index (χ0n) is 14.0. The fraction of sp³-hybridized carbons (Fsp3) is 0.824. The van der Waals surface area contributed by atoms with Crippen LogP contribution in [-0.4, -0.2) is 45.5 Å². The molecule has 1 unspecified atom stereocenters. The summed E-state index contributed by atoms with van der Waals surface area (Å²) in [6.07, 6.45) is 9.36. The monoisotopic (exact) mass is 293 g/mol. The molecule has 0 bridgehead atoms. The highest BCUT2D eigenvalue weighted by atomic mass is 16.3. The summed E-state index contributed by atoms with van der Waals surface area (Å²) < 4.78 is 2.12. The van der Waals surface area contributed by atoms with E-state index in [-0.39, 0.29) is 11.6 Å². The number of aromatic nitrogens is 2. The first-order chi connectivity index (χ1) is 10.0. The fourth-order valence-electron chi connectivity index (χ4n) is 3.90. The van der Waals surface area contributed by atoms with E-state index in [1.807, 2.05) is 0 Å². The predicted molar refractivity (Wildman–Crippen MR) is 86.4 cm³/mol. The van der Waals surface area contributed by atoms with Crippen molar-refractivity contribution in [2.24, 2.45) is 0 Å². The Bertz CT molecular complexity index is 431. The number of hydrogen-bond acceptors (Lipinski definition) is 3. The standard InChI is InChI=1S/C17H31N3O/c1-5-17(6-2,19(3)4)16(21)13-14-11-12-20(18-14)15-9-7-8-10-15/h11-12,15-16,21H,5-10,13H2,1-4H3. The van der Waals surface area contributed by atoms with Gasteiger partial charge in [0.05, 0.1) is 17.8 Å². The molecule has 1 fully saturated rings. The van der Waals surface area contributed by atoms with Crippen LogP contribution in [0.5, 0.6) is 0 Å².